The highest BCUT2D eigenvalue weighted by Gasteiger charge is 2.39. The normalized spacial score (nSPS) is 20.8. The summed E-state index contributed by atoms with van der Waals surface area (Å²) in [5, 5.41) is 12.2. The van der Waals surface area contributed by atoms with Crippen LogP contribution in [0.15, 0.2) is 23.1 Å². The Labute approximate surface area is 104 Å². The van der Waals surface area contributed by atoms with Crippen molar-refractivity contribution in [1.29, 1.82) is 5.26 Å². The van der Waals surface area contributed by atoms with Gasteiger partial charge in [-0.05, 0) is 37.0 Å². The number of rotatable bonds is 1. The molecule has 0 bridgehead atoms. The summed E-state index contributed by atoms with van der Waals surface area (Å²) in [7, 11) is 0. The molecule has 1 fully saturated rings. The third-order valence-corrected chi connectivity index (χ3v) is 4.64. The van der Waals surface area contributed by atoms with Gasteiger partial charge in [-0.1, -0.05) is 6.07 Å². The zero-order valence-corrected chi connectivity index (χ0v) is 10.1. The largest absolute Gasteiger partial charge is 0.324 e. The molecule has 0 unspecified atom stereocenters. The fourth-order valence-corrected chi connectivity index (χ4v) is 3.21. The van der Waals surface area contributed by atoms with Crippen LogP contribution in [0, 0.1) is 11.3 Å². The minimum absolute atomic E-state index is 0.0499. The molecule has 1 aliphatic heterocycles. The van der Waals surface area contributed by atoms with Gasteiger partial charge in [0.25, 0.3) is 0 Å². The first-order valence-electron chi connectivity index (χ1n) is 5.72. The maximum atomic E-state index is 11.2. The van der Waals surface area contributed by atoms with Gasteiger partial charge in [0.15, 0.2) is 0 Å². The molecule has 0 radical (unpaired) electrons. The number of carbonyl (C=O) groups is 1. The van der Waals surface area contributed by atoms with Crippen molar-refractivity contribution < 1.29 is 4.79 Å². The summed E-state index contributed by atoms with van der Waals surface area (Å²) in [6.07, 6.45) is 3.05. The second-order valence-corrected chi connectivity index (χ2v) is 5.61. The molecule has 3 rings (SSSR count). The molecule has 0 saturated heterocycles. The molecule has 1 aromatic rings. The Morgan fingerprint density at radius 3 is 2.88 bits per heavy atom. The molecule has 86 valence electrons. The van der Waals surface area contributed by atoms with Crippen LogP contribution in [-0.4, -0.2) is 11.7 Å². The molecule has 3 nitrogen and oxygen atoms in total. The van der Waals surface area contributed by atoms with Crippen molar-refractivity contribution in [2.45, 2.75) is 29.6 Å². The van der Waals surface area contributed by atoms with E-state index in [1.54, 1.807) is 11.8 Å². The van der Waals surface area contributed by atoms with Gasteiger partial charge in [0, 0.05) is 4.90 Å². The van der Waals surface area contributed by atoms with Crippen LogP contribution in [-0.2, 0) is 10.2 Å². The zero-order valence-electron chi connectivity index (χ0n) is 9.32. The molecule has 0 atom stereocenters. The Bertz CT molecular complexity index is 529. The number of nitrogens with zero attached hydrogens (tertiary/aromatic N) is 1. The van der Waals surface area contributed by atoms with E-state index in [-0.39, 0.29) is 11.3 Å². The number of fused-ring (bicyclic) bond motifs is 1. The predicted octanol–water partition coefficient (Wildman–Crippen LogP) is 2.68. The van der Waals surface area contributed by atoms with Gasteiger partial charge >= 0.3 is 0 Å². The average molecular weight is 244 g/mol. The van der Waals surface area contributed by atoms with Gasteiger partial charge in [-0.25, -0.2) is 0 Å². The van der Waals surface area contributed by atoms with Gasteiger partial charge in [0.2, 0.25) is 5.91 Å². The summed E-state index contributed by atoms with van der Waals surface area (Å²) in [4.78, 5) is 12.3. The molecule has 1 saturated carbocycles. The lowest BCUT2D eigenvalue weighted by molar-refractivity contribution is -0.113. The maximum Gasteiger partial charge on any atom is 0.234 e. The van der Waals surface area contributed by atoms with E-state index in [9.17, 15) is 10.1 Å². The summed E-state index contributed by atoms with van der Waals surface area (Å²) in [5.74, 6) is 0.518. The molecule has 1 aromatic carbocycles. The van der Waals surface area contributed by atoms with Crippen LogP contribution in [0.5, 0.6) is 0 Å². The fourth-order valence-electron chi connectivity index (χ4n) is 2.37. The lowest BCUT2D eigenvalue weighted by Crippen LogP contribution is -2.32. The van der Waals surface area contributed by atoms with Crippen LogP contribution >= 0.6 is 11.8 Å². The molecule has 1 amide bonds. The predicted molar refractivity (Wildman–Crippen MR) is 66.9 cm³/mol. The summed E-state index contributed by atoms with van der Waals surface area (Å²) in [5.41, 5.74) is 1.72. The SMILES string of the molecule is N#CC1(c2ccc3c(c2)SCC(=O)N3)CCC1. The van der Waals surface area contributed by atoms with Crippen LogP contribution in [0.2, 0.25) is 0 Å². The molecule has 4 heteroatoms. The lowest BCUT2D eigenvalue weighted by atomic mass is 9.65. The molecule has 0 spiro atoms. The second-order valence-electron chi connectivity index (χ2n) is 4.60. The van der Waals surface area contributed by atoms with E-state index < -0.39 is 0 Å². The Balaban J connectivity index is 1.99. The number of benzene rings is 1. The van der Waals surface area contributed by atoms with E-state index in [2.05, 4.69) is 17.5 Å². The molecule has 0 aromatic heterocycles. The van der Waals surface area contributed by atoms with Gasteiger partial charge in [-0.2, -0.15) is 5.26 Å². The van der Waals surface area contributed by atoms with Crippen LogP contribution < -0.4 is 5.32 Å². The average Bonchev–Trinajstić information content (AvgIpc) is 2.28. The monoisotopic (exact) mass is 244 g/mol. The number of thioether (sulfide) groups is 1. The van der Waals surface area contributed by atoms with E-state index >= 15 is 0 Å². The number of hydrogen-bond donors (Lipinski definition) is 1. The quantitative estimate of drug-likeness (QED) is 0.826. The van der Waals surface area contributed by atoms with Gasteiger partial charge in [0.05, 0.1) is 22.9 Å². The van der Waals surface area contributed by atoms with E-state index in [4.69, 9.17) is 0 Å². The van der Waals surface area contributed by atoms with Crippen LogP contribution in [0.3, 0.4) is 0 Å². The Morgan fingerprint density at radius 1 is 1.41 bits per heavy atom. The van der Waals surface area contributed by atoms with Crippen molar-refractivity contribution in [3.05, 3.63) is 23.8 Å². The van der Waals surface area contributed by atoms with Crippen molar-refractivity contribution in [1.82, 2.24) is 0 Å². The van der Waals surface area contributed by atoms with E-state index in [1.165, 1.54) is 0 Å². The van der Waals surface area contributed by atoms with Crippen LogP contribution in [0.25, 0.3) is 0 Å². The lowest BCUT2D eigenvalue weighted by Gasteiger charge is -2.36. The van der Waals surface area contributed by atoms with Crippen molar-refractivity contribution in [2.75, 3.05) is 11.1 Å². The Hall–Kier alpha value is -1.47. The second kappa shape index (κ2) is 3.78. The first-order chi connectivity index (χ1) is 8.23. The molecular weight excluding hydrogens is 232 g/mol. The Morgan fingerprint density at radius 2 is 2.24 bits per heavy atom. The minimum Gasteiger partial charge on any atom is -0.324 e. The van der Waals surface area contributed by atoms with Crippen molar-refractivity contribution in [3.8, 4) is 6.07 Å². The molecule has 1 heterocycles. The number of nitriles is 1. The topological polar surface area (TPSA) is 52.9 Å². The summed E-state index contributed by atoms with van der Waals surface area (Å²) >= 11 is 1.55. The first-order valence-corrected chi connectivity index (χ1v) is 6.70. The number of anilines is 1. The maximum absolute atomic E-state index is 11.2. The third-order valence-electron chi connectivity index (χ3n) is 3.59. The van der Waals surface area contributed by atoms with Crippen LogP contribution in [0.4, 0.5) is 5.69 Å². The first kappa shape index (κ1) is 10.7. The summed E-state index contributed by atoms with van der Waals surface area (Å²) < 4.78 is 0. The smallest absolute Gasteiger partial charge is 0.234 e. The molecular formula is C13H12N2OS. The molecule has 2 aliphatic rings. The zero-order chi connectivity index (χ0) is 11.9. The standard InChI is InChI=1S/C13H12N2OS/c14-8-13(4-1-5-13)9-2-3-10-11(6-9)17-7-12(16)15-10/h2-3,6H,1,4-5,7H2,(H,15,16). The van der Waals surface area contributed by atoms with E-state index in [0.717, 1.165) is 35.4 Å². The van der Waals surface area contributed by atoms with Gasteiger partial charge in [0.1, 0.15) is 0 Å². The highest BCUT2D eigenvalue weighted by Crippen LogP contribution is 2.45. The minimum atomic E-state index is -0.267. The number of amides is 1. The van der Waals surface area contributed by atoms with E-state index in [1.807, 2.05) is 12.1 Å². The third kappa shape index (κ3) is 1.62. The number of carbonyl (C=O) groups excluding carboxylic acids is 1. The van der Waals surface area contributed by atoms with E-state index in [0.29, 0.717) is 5.75 Å². The van der Waals surface area contributed by atoms with Gasteiger partial charge in [-0.15, -0.1) is 11.8 Å². The highest BCUT2D eigenvalue weighted by molar-refractivity contribution is 8.00. The van der Waals surface area contributed by atoms with Gasteiger partial charge < -0.3 is 5.32 Å². The van der Waals surface area contributed by atoms with Crippen molar-refractivity contribution in [3.63, 3.8) is 0 Å². The number of nitrogens with one attached hydrogen (secondary N) is 1. The summed E-state index contributed by atoms with van der Waals surface area (Å²) in [6.45, 7) is 0. The molecule has 1 N–H and O–H groups in total. The molecule has 1 aliphatic carbocycles. The number of hydrogen-bond acceptors (Lipinski definition) is 3. The van der Waals surface area contributed by atoms with Gasteiger partial charge in [-0.3, -0.25) is 4.79 Å². The molecule has 17 heavy (non-hydrogen) atoms. The van der Waals surface area contributed by atoms with Crippen molar-refractivity contribution in [2.24, 2.45) is 0 Å². The highest BCUT2D eigenvalue weighted by atomic mass is 32.2. The van der Waals surface area contributed by atoms with Crippen molar-refractivity contribution >= 4 is 23.4 Å². The summed E-state index contributed by atoms with van der Waals surface area (Å²) in [6, 6.07) is 8.42. The fraction of sp³-hybridized carbons (Fsp3) is 0.385. The van der Waals surface area contributed by atoms with Crippen LogP contribution in [0.1, 0.15) is 24.8 Å². The Kier molecular flexibility index (Phi) is 2.37.